The lowest BCUT2D eigenvalue weighted by Crippen LogP contribution is -2.30. The van der Waals surface area contributed by atoms with Gasteiger partial charge in [-0.15, -0.1) is 0 Å². The largest absolute Gasteiger partial charge is 0.504 e. The van der Waals surface area contributed by atoms with E-state index in [1.807, 2.05) is 4.72 Å². The van der Waals surface area contributed by atoms with Crippen LogP contribution in [-0.4, -0.2) is 20.1 Å². The van der Waals surface area contributed by atoms with Gasteiger partial charge in [-0.2, -0.15) is 13.1 Å². The van der Waals surface area contributed by atoms with Gasteiger partial charge in [0.1, 0.15) is 5.82 Å². The van der Waals surface area contributed by atoms with Crippen molar-refractivity contribution in [2.45, 2.75) is 13.3 Å². The number of aromatic hydroxyl groups is 1. The van der Waals surface area contributed by atoms with Gasteiger partial charge in [-0.05, 0) is 12.5 Å². The van der Waals surface area contributed by atoms with E-state index < -0.39 is 21.8 Å². The molecular weight excluding hydrogens is 271 g/mol. The molecule has 1 aromatic rings. The van der Waals surface area contributed by atoms with Gasteiger partial charge in [-0.1, -0.05) is 18.5 Å². The van der Waals surface area contributed by atoms with Crippen LogP contribution in [0.25, 0.3) is 0 Å². The van der Waals surface area contributed by atoms with Crippen LogP contribution in [0.1, 0.15) is 13.3 Å². The maximum absolute atomic E-state index is 13.0. The lowest BCUT2D eigenvalue weighted by molar-refractivity contribution is 0.476. The molecule has 0 heterocycles. The first-order valence-electron chi connectivity index (χ1n) is 4.81. The summed E-state index contributed by atoms with van der Waals surface area (Å²) >= 11 is 5.51. The highest BCUT2D eigenvalue weighted by molar-refractivity contribution is 7.90. The third-order valence-corrected chi connectivity index (χ3v) is 3.18. The Morgan fingerprint density at radius 3 is 2.71 bits per heavy atom. The summed E-state index contributed by atoms with van der Waals surface area (Å²) < 4.78 is 40.1. The Hall–Kier alpha value is -1.05. The topological polar surface area (TPSA) is 78.4 Å². The van der Waals surface area contributed by atoms with Crippen LogP contribution in [0.2, 0.25) is 5.02 Å². The van der Waals surface area contributed by atoms with Crippen LogP contribution in [0.5, 0.6) is 5.75 Å². The summed E-state index contributed by atoms with van der Waals surface area (Å²) in [5, 5.41) is 9.19. The highest BCUT2D eigenvalue weighted by atomic mass is 35.5. The van der Waals surface area contributed by atoms with Crippen molar-refractivity contribution in [3.8, 4) is 5.75 Å². The minimum Gasteiger partial charge on any atom is -0.504 e. The number of anilines is 1. The molecule has 0 saturated heterocycles. The van der Waals surface area contributed by atoms with Crippen molar-refractivity contribution in [3.05, 3.63) is 23.0 Å². The van der Waals surface area contributed by atoms with E-state index in [2.05, 4.69) is 4.72 Å². The number of phenolic OH excluding ortho intramolecular Hbond substituents is 1. The van der Waals surface area contributed by atoms with Crippen LogP contribution in [0.4, 0.5) is 10.1 Å². The molecule has 0 aliphatic heterocycles. The molecule has 0 spiro atoms. The van der Waals surface area contributed by atoms with Crippen molar-refractivity contribution in [2.24, 2.45) is 0 Å². The first-order valence-corrected chi connectivity index (χ1v) is 6.67. The van der Waals surface area contributed by atoms with Crippen molar-refractivity contribution < 1.29 is 17.9 Å². The minimum atomic E-state index is -3.84. The number of halogens is 2. The van der Waals surface area contributed by atoms with Gasteiger partial charge in [-0.3, -0.25) is 4.72 Å². The second-order valence-electron chi connectivity index (χ2n) is 3.28. The summed E-state index contributed by atoms with van der Waals surface area (Å²) in [5.74, 6) is -1.27. The van der Waals surface area contributed by atoms with E-state index in [9.17, 15) is 17.9 Å². The molecule has 8 heteroatoms. The second-order valence-corrected chi connectivity index (χ2v) is 5.19. The van der Waals surface area contributed by atoms with Crippen LogP contribution >= 0.6 is 11.6 Å². The molecule has 0 bridgehead atoms. The monoisotopic (exact) mass is 282 g/mol. The molecule has 0 aliphatic rings. The fourth-order valence-corrected chi connectivity index (χ4v) is 2.26. The lowest BCUT2D eigenvalue weighted by atomic mass is 10.3. The fraction of sp³-hybridized carbons (Fsp3) is 0.333. The smallest absolute Gasteiger partial charge is 0.299 e. The molecule has 0 aliphatic carbocycles. The molecule has 0 fully saturated rings. The summed E-state index contributed by atoms with van der Waals surface area (Å²) in [6.45, 7) is 2.03. The van der Waals surface area contributed by atoms with Crippen LogP contribution < -0.4 is 9.44 Å². The first-order chi connectivity index (χ1) is 7.85. The standard InChI is InChI=1S/C9H12ClFN2O3S/c1-2-3-12-17(15,16)13-8-5-6(11)4-7(10)9(8)14/h4-5,12-14H,2-3H2,1H3. The first kappa shape index (κ1) is 14.0. The molecule has 0 amide bonds. The lowest BCUT2D eigenvalue weighted by Gasteiger charge is -2.10. The van der Waals surface area contributed by atoms with Crippen molar-refractivity contribution in [1.29, 1.82) is 0 Å². The molecule has 96 valence electrons. The SMILES string of the molecule is CCCNS(=O)(=O)Nc1cc(F)cc(Cl)c1O. The number of hydrogen-bond donors (Lipinski definition) is 3. The van der Waals surface area contributed by atoms with Gasteiger partial charge < -0.3 is 5.11 Å². The highest BCUT2D eigenvalue weighted by Crippen LogP contribution is 2.33. The Labute approximate surface area is 104 Å². The quantitative estimate of drug-likeness (QED) is 0.721. The molecular formula is C9H12ClFN2O3S. The van der Waals surface area contributed by atoms with Gasteiger partial charge in [-0.25, -0.2) is 4.39 Å². The minimum absolute atomic E-state index is 0.235. The van der Waals surface area contributed by atoms with E-state index in [1.165, 1.54) is 0 Å². The van der Waals surface area contributed by atoms with Crippen molar-refractivity contribution in [3.63, 3.8) is 0 Å². The molecule has 0 atom stereocenters. The van der Waals surface area contributed by atoms with Crippen molar-refractivity contribution in [1.82, 2.24) is 4.72 Å². The molecule has 1 rings (SSSR count). The number of phenols is 1. The van der Waals surface area contributed by atoms with Crippen LogP contribution in [0, 0.1) is 5.82 Å². The van der Waals surface area contributed by atoms with Crippen LogP contribution in [0.3, 0.4) is 0 Å². The van der Waals surface area contributed by atoms with Crippen LogP contribution in [-0.2, 0) is 10.2 Å². The Morgan fingerprint density at radius 1 is 1.47 bits per heavy atom. The van der Waals surface area contributed by atoms with Crippen molar-refractivity contribution in [2.75, 3.05) is 11.3 Å². The Kier molecular flexibility index (Phi) is 4.55. The molecule has 0 aromatic heterocycles. The van der Waals surface area contributed by atoms with E-state index in [0.717, 1.165) is 12.1 Å². The van der Waals surface area contributed by atoms with Gasteiger partial charge in [0.15, 0.2) is 5.75 Å². The van der Waals surface area contributed by atoms with Gasteiger partial charge >= 0.3 is 0 Å². The summed E-state index contributed by atoms with van der Waals surface area (Å²) in [6, 6.07) is 1.72. The Balaban J connectivity index is 2.95. The zero-order chi connectivity index (χ0) is 13.1. The maximum atomic E-state index is 13.0. The van der Waals surface area contributed by atoms with E-state index in [0.29, 0.717) is 6.42 Å². The molecule has 0 unspecified atom stereocenters. The van der Waals surface area contributed by atoms with E-state index in [4.69, 9.17) is 11.6 Å². The van der Waals surface area contributed by atoms with E-state index in [1.54, 1.807) is 6.92 Å². The van der Waals surface area contributed by atoms with Gasteiger partial charge in [0.05, 0.1) is 10.7 Å². The third kappa shape index (κ3) is 4.03. The predicted octanol–water partition coefficient (Wildman–Crippen LogP) is 1.84. The van der Waals surface area contributed by atoms with Crippen molar-refractivity contribution >= 4 is 27.5 Å². The number of hydrogen-bond acceptors (Lipinski definition) is 3. The van der Waals surface area contributed by atoms with Crippen LogP contribution in [0.15, 0.2) is 12.1 Å². The predicted molar refractivity (Wildman–Crippen MR) is 63.9 cm³/mol. The number of nitrogens with one attached hydrogen (secondary N) is 2. The van der Waals surface area contributed by atoms with Gasteiger partial charge in [0, 0.05) is 12.6 Å². The zero-order valence-corrected chi connectivity index (χ0v) is 10.6. The average Bonchev–Trinajstić information content (AvgIpc) is 2.22. The summed E-state index contributed by atoms with van der Waals surface area (Å²) in [6.07, 6.45) is 0.608. The molecule has 3 N–H and O–H groups in total. The summed E-state index contributed by atoms with van der Waals surface area (Å²) in [5.41, 5.74) is -0.307. The van der Waals surface area contributed by atoms with E-state index >= 15 is 0 Å². The summed E-state index contributed by atoms with van der Waals surface area (Å²) in [7, 11) is -3.84. The molecule has 5 nitrogen and oxygen atoms in total. The highest BCUT2D eigenvalue weighted by Gasteiger charge is 2.14. The molecule has 1 aromatic carbocycles. The van der Waals surface area contributed by atoms with E-state index in [-0.39, 0.29) is 17.3 Å². The van der Waals surface area contributed by atoms with Gasteiger partial charge in [0.25, 0.3) is 10.2 Å². The normalized spacial score (nSPS) is 11.5. The maximum Gasteiger partial charge on any atom is 0.299 e. The Morgan fingerprint density at radius 2 is 2.12 bits per heavy atom. The zero-order valence-electron chi connectivity index (χ0n) is 9.00. The third-order valence-electron chi connectivity index (χ3n) is 1.81. The fourth-order valence-electron chi connectivity index (χ4n) is 1.06. The average molecular weight is 283 g/mol. The molecule has 17 heavy (non-hydrogen) atoms. The second kappa shape index (κ2) is 5.52. The molecule has 0 radical (unpaired) electrons. The number of benzene rings is 1. The summed E-state index contributed by atoms with van der Waals surface area (Å²) in [4.78, 5) is 0. The number of rotatable bonds is 5. The molecule has 0 saturated carbocycles. The Bertz CT molecular complexity index is 507. The van der Waals surface area contributed by atoms with Gasteiger partial charge in [0.2, 0.25) is 0 Å².